The van der Waals surface area contributed by atoms with Crippen molar-refractivity contribution in [1.82, 2.24) is 4.98 Å². The molecule has 110 valence electrons. The van der Waals surface area contributed by atoms with E-state index in [1.54, 1.807) is 12.4 Å². The quantitative estimate of drug-likeness (QED) is 0.754. The van der Waals surface area contributed by atoms with Crippen molar-refractivity contribution in [3.05, 3.63) is 88.7 Å². The Labute approximate surface area is 135 Å². The predicted molar refractivity (Wildman–Crippen MR) is 89.9 cm³/mol. The molecular weight excluding hydrogens is 294 g/mol. The first kappa shape index (κ1) is 14.8. The molecule has 2 aromatic carbocycles. The van der Waals surface area contributed by atoms with E-state index < -0.39 is 6.10 Å². The van der Waals surface area contributed by atoms with Crippen molar-refractivity contribution in [3.63, 3.8) is 0 Å². The number of rotatable bonds is 3. The topological polar surface area (TPSA) is 33.1 Å². The summed E-state index contributed by atoms with van der Waals surface area (Å²) in [4.78, 5) is 4.08. The summed E-state index contributed by atoms with van der Waals surface area (Å²) in [7, 11) is 0. The van der Waals surface area contributed by atoms with Crippen molar-refractivity contribution in [2.24, 2.45) is 0 Å². The highest BCUT2D eigenvalue weighted by molar-refractivity contribution is 6.30. The fourth-order valence-corrected chi connectivity index (χ4v) is 2.74. The molecule has 0 aliphatic carbocycles. The van der Waals surface area contributed by atoms with Crippen molar-refractivity contribution < 1.29 is 5.11 Å². The smallest absolute Gasteiger partial charge is 0.106 e. The highest BCUT2D eigenvalue weighted by Gasteiger charge is 2.15. The molecule has 3 rings (SSSR count). The van der Waals surface area contributed by atoms with Gasteiger partial charge in [-0.1, -0.05) is 48.0 Å². The Balaban J connectivity index is 2.04. The van der Waals surface area contributed by atoms with E-state index >= 15 is 0 Å². The monoisotopic (exact) mass is 309 g/mol. The van der Waals surface area contributed by atoms with Gasteiger partial charge < -0.3 is 5.11 Å². The summed E-state index contributed by atoms with van der Waals surface area (Å²) < 4.78 is 0. The Bertz CT molecular complexity index is 769. The molecule has 0 spiro atoms. The van der Waals surface area contributed by atoms with Gasteiger partial charge in [-0.05, 0) is 47.4 Å². The molecule has 3 heteroatoms. The molecule has 0 aliphatic rings. The zero-order valence-corrected chi connectivity index (χ0v) is 13.0. The number of aromatic nitrogens is 1. The third-order valence-corrected chi connectivity index (χ3v) is 4.08. The summed E-state index contributed by atoms with van der Waals surface area (Å²) in [6, 6.07) is 17.4. The van der Waals surface area contributed by atoms with Gasteiger partial charge in [-0.25, -0.2) is 0 Å². The Kier molecular flexibility index (Phi) is 4.23. The van der Waals surface area contributed by atoms with Gasteiger partial charge in [0.05, 0.1) is 0 Å². The number of aliphatic hydroxyl groups is 1. The molecule has 3 aromatic rings. The first-order valence-electron chi connectivity index (χ1n) is 7.10. The summed E-state index contributed by atoms with van der Waals surface area (Å²) >= 11 is 5.95. The minimum absolute atomic E-state index is 0.680. The Morgan fingerprint density at radius 3 is 2.45 bits per heavy atom. The lowest BCUT2D eigenvalue weighted by Gasteiger charge is -2.17. The third-order valence-electron chi connectivity index (χ3n) is 3.83. The van der Waals surface area contributed by atoms with Crippen LogP contribution in [0.2, 0.25) is 5.02 Å². The Morgan fingerprint density at radius 2 is 1.77 bits per heavy atom. The molecule has 0 fully saturated rings. The average Bonchev–Trinajstić information content (AvgIpc) is 2.56. The normalized spacial score (nSPS) is 12.1. The highest BCUT2D eigenvalue weighted by atomic mass is 35.5. The summed E-state index contributed by atoms with van der Waals surface area (Å²) in [6.07, 6.45) is 2.72. The van der Waals surface area contributed by atoms with Gasteiger partial charge in [-0.2, -0.15) is 0 Å². The van der Waals surface area contributed by atoms with E-state index in [0.717, 1.165) is 27.8 Å². The first-order chi connectivity index (χ1) is 10.7. The van der Waals surface area contributed by atoms with Crippen molar-refractivity contribution >= 4 is 11.6 Å². The van der Waals surface area contributed by atoms with Gasteiger partial charge in [0.1, 0.15) is 6.10 Å². The van der Waals surface area contributed by atoms with E-state index in [-0.39, 0.29) is 0 Å². The van der Waals surface area contributed by atoms with E-state index in [1.165, 1.54) is 0 Å². The number of hydrogen-bond donors (Lipinski definition) is 1. The first-order valence-corrected chi connectivity index (χ1v) is 7.48. The van der Waals surface area contributed by atoms with Gasteiger partial charge in [0.15, 0.2) is 0 Å². The largest absolute Gasteiger partial charge is 0.384 e. The molecular formula is C19H16ClNO. The second kappa shape index (κ2) is 6.30. The van der Waals surface area contributed by atoms with Crippen LogP contribution < -0.4 is 0 Å². The van der Waals surface area contributed by atoms with Crippen LogP contribution in [0.15, 0.2) is 67.0 Å². The zero-order valence-electron chi connectivity index (χ0n) is 12.2. The van der Waals surface area contributed by atoms with E-state index in [2.05, 4.69) is 11.1 Å². The molecule has 1 atom stereocenters. The van der Waals surface area contributed by atoms with Crippen molar-refractivity contribution in [1.29, 1.82) is 0 Å². The molecule has 0 radical (unpaired) electrons. The zero-order chi connectivity index (χ0) is 15.5. The van der Waals surface area contributed by atoms with Gasteiger partial charge in [0.25, 0.3) is 0 Å². The molecule has 0 aliphatic heterocycles. The molecule has 1 heterocycles. The molecule has 1 N–H and O–H groups in total. The number of benzene rings is 2. The van der Waals surface area contributed by atoms with Crippen LogP contribution in [0.5, 0.6) is 0 Å². The number of pyridine rings is 1. The summed E-state index contributed by atoms with van der Waals surface area (Å²) in [5.41, 5.74) is 4.92. The van der Waals surface area contributed by atoms with Gasteiger partial charge >= 0.3 is 0 Å². The van der Waals surface area contributed by atoms with Crippen LogP contribution in [0.1, 0.15) is 22.8 Å². The van der Waals surface area contributed by atoms with Crippen LogP contribution in [0.3, 0.4) is 0 Å². The van der Waals surface area contributed by atoms with Gasteiger partial charge in [-0.3, -0.25) is 4.98 Å². The lowest BCUT2D eigenvalue weighted by molar-refractivity contribution is 0.219. The second-order valence-electron chi connectivity index (χ2n) is 5.22. The molecule has 0 saturated heterocycles. The third kappa shape index (κ3) is 2.89. The second-order valence-corrected chi connectivity index (χ2v) is 5.65. The number of nitrogens with zero attached hydrogens (tertiary/aromatic N) is 1. The van der Waals surface area contributed by atoms with Gasteiger partial charge in [-0.15, -0.1) is 0 Å². The summed E-state index contributed by atoms with van der Waals surface area (Å²) in [5, 5.41) is 11.3. The van der Waals surface area contributed by atoms with Crippen LogP contribution in [0.25, 0.3) is 11.1 Å². The molecule has 0 bridgehead atoms. The van der Waals surface area contributed by atoms with E-state index in [1.807, 2.05) is 55.5 Å². The van der Waals surface area contributed by atoms with Gasteiger partial charge in [0, 0.05) is 23.0 Å². The molecule has 22 heavy (non-hydrogen) atoms. The maximum Gasteiger partial charge on any atom is 0.106 e. The van der Waals surface area contributed by atoms with Crippen molar-refractivity contribution in [2.75, 3.05) is 0 Å². The molecule has 2 nitrogen and oxygen atoms in total. The Morgan fingerprint density at radius 1 is 1.00 bits per heavy atom. The molecule has 1 aromatic heterocycles. The lowest BCUT2D eigenvalue weighted by Crippen LogP contribution is -2.03. The minimum atomic E-state index is -0.680. The minimum Gasteiger partial charge on any atom is -0.384 e. The van der Waals surface area contributed by atoms with Crippen LogP contribution in [0.4, 0.5) is 0 Å². The maximum absolute atomic E-state index is 10.6. The van der Waals surface area contributed by atoms with Crippen LogP contribution in [-0.4, -0.2) is 10.1 Å². The molecule has 0 saturated carbocycles. The fraction of sp³-hybridized carbons (Fsp3) is 0.105. The average molecular weight is 310 g/mol. The van der Waals surface area contributed by atoms with Crippen molar-refractivity contribution in [3.8, 4) is 11.1 Å². The predicted octanol–water partition coefficient (Wildman–Crippen LogP) is 4.79. The summed E-state index contributed by atoms with van der Waals surface area (Å²) in [5.74, 6) is 0. The number of halogens is 1. The van der Waals surface area contributed by atoms with Crippen molar-refractivity contribution in [2.45, 2.75) is 13.0 Å². The summed E-state index contributed by atoms with van der Waals surface area (Å²) in [6.45, 7) is 2.03. The molecule has 1 unspecified atom stereocenters. The molecule has 0 amide bonds. The Hall–Kier alpha value is -2.16. The van der Waals surface area contributed by atoms with E-state index in [0.29, 0.717) is 5.02 Å². The number of aliphatic hydroxyl groups excluding tert-OH is 1. The lowest BCUT2D eigenvalue weighted by atomic mass is 9.92. The standard InChI is InChI=1S/C19H16ClNO/c1-13-17(14-7-9-16(20)10-8-14)5-2-6-18(13)19(22)15-4-3-11-21-12-15/h2-12,19,22H,1H3. The highest BCUT2D eigenvalue weighted by Crippen LogP contribution is 2.31. The van der Waals surface area contributed by atoms with Crippen LogP contribution in [0, 0.1) is 6.92 Å². The fourth-order valence-electron chi connectivity index (χ4n) is 2.61. The van der Waals surface area contributed by atoms with E-state index in [4.69, 9.17) is 11.6 Å². The van der Waals surface area contributed by atoms with E-state index in [9.17, 15) is 5.11 Å². The SMILES string of the molecule is Cc1c(-c2ccc(Cl)cc2)cccc1C(O)c1cccnc1. The van der Waals surface area contributed by atoms with Crippen LogP contribution >= 0.6 is 11.6 Å². The number of hydrogen-bond acceptors (Lipinski definition) is 2. The van der Waals surface area contributed by atoms with Gasteiger partial charge in [0.2, 0.25) is 0 Å². The van der Waals surface area contributed by atoms with Crippen LogP contribution in [-0.2, 0) is 0 Å². The maximum atomic E-state index is 10.6.